The number of allylic oxidation sites excluding steroid dienone is 4. The van der Waals surface area contributed by atoms with Crippen LogP contribution in [0.2, 0.25) is 0 Å². The van der Waals surface area contributed by atoms with E-state index < -0.39 is 10.4 Å². The Morgan fingerprint density at radius 3 is 1.26 bits per heavy atom. The maximum absolute atomic E-state index is 8.52. The predicted octanol–water partition coefficient (Wildman–Crippen LogP) is -0.957. The van der Waals surface area contributed by atoms with E-state index in [1.807, 2.05) is 24.3 Å². The zero-order valence-corrected chi connectivity index (χ0v) is 12.9. The molecule has 0 aromatic rings. The maximum atomic E-state index is 8.52. The van der Waals surface area contributed by atoms with E-state index in [9.17, 15) is 0 Å². The van der Waals surface area contributed by atoms with Crippen LogP contribution in [0.15, 0.2) is 47.5 Å². The van der Waals surface area contributed by atoms with Gasteiger partial charge < -0.3 is 9.11 Å². The van der Waals surface area contributed by atoms with Gasteiger partial charge in [-0.25, -0.2) is 8.61 Å². The van der Waals surface area contributed by atoms with Crippen molar-refractivity contribution in [1.29, 1.82) is 0 Å². The normalized spacial score (nSPS) is 24.0. The number of hydrogen-bond acceptors (Lipinski definition) is 6. The van der Waals surface area contributed by atoms with Crippen LogP contribution in [0.4, 0.5) is 0 Å². The minimum atomic E-state index is -5.17. The third-order valence-corrected chi connectivity index (χ3v) is 3.15. The first kappa shape index (κ1) is 18.4. The molecule has 9 heteroatoms. The summed E-state index contributed by atoms with van der Waals surface area (Å²) >= 11 is 3.53. The molecular weight excluding hydrogens is 308 g/mol. The molecule has 0 aromatic heterocycles. The quantitative estimate of drug-likeness (QED) is 0.339. The first-order valence-corrected chi connectivity index (χ1v) is 8.22. The van der Waals surface area contributed by atoms with Crippen molar-refractivity contribution in [3.63, 3.8) is 0 Å². The van der Waals surface area contributed by atoms with E-state index in [2.05, 4.69) is 37.3 Å². The topological polar surface area (TPSA) is 89.1 Å². The van der Waals surface area contributed by atoms with E-state index in [1.165, 1.54) is 8.61 Å². The molecule has 2 heterocycles. The van der Waals surface area contributed by atoms with Crippen LogP contribution in [0.25, 0.3) is 0 Å². The summed E-state index contributed by atoms with van der Waals surface area (Å²) < 4.78 is 36.8. The monoisotopic (exact) mass is 324 g/mol. The van der Waals surface area contributed by atoms with Gasteiger partial charge in [0, 0.05) is 21.2 Å². The molecule has 0 fully saturated rings. The van der Waals surface area contributed by atoms with Crippen LogP contribution < -0.4 is 8.61 Å². The Morgan fingerprint density at radius 2 is 1.16 bits per heavy atom. The molecule has 2 aliphatic heterocycles. The highest BCUT2D eigenvalue weighted by Gasteiger charge is 1.95. The SMILES string of the molecule is C[NH+]1C=CC=CS1.C[NH+]1C=CC=CS1.O=S(=O)([O-])[O-]. The van der Waals surface area contributed by atoms with E-state index in [4.69, 9.17) is 17.5 Å². The van der Waals surface area contributed by atoms with Gasteiger partial charge in [0.05, 0.1) is 14.1 Å². The standard InChI is InChI=1S/2C5H7NS.H2O4S/c2*1-6-4-2-3-5-7-6;1-5(2,3)4/h2*2-5H,1H3;(H2,1,2,3,4). The van der Waals surface area contributed by atoms with Crippen LogP contribution >= 0.6 is 23.9 Å². The Labute approximate surface area is 122 Å². The van der Waals surface area contributed by atoms with Crippen LogP contribution in [0.5, 0.6) is 0 Å². The first-order valence-electron chi connectivity index (χ1n) is 5.12. The molecule has 2 rings (SSSR count). The zero-order valence-electron chi connectivity index (χ0n) is 10.5. The number of nitrogens with one attached hydrogen (secondary N) is 2. The molecule has 2 unspecified atom stereocenters. The summed E-state index contributed by atoms with van der Waals surface area (Å²) in [6.07, 6.45) is 12.4. The molecule has 19 heavy (non-hydrogen) atoms. The lowest BCUT2D eigenvalue weighted by atomic mass is 10.6. The summed E-state index contributed by atoms with van der Waals surface area (Å²) in [6, 6.07) is 0. The molecule has 0 aromatic carbocycles. The third-order valence-electron chi connectivity index (χ3n) is 1.55. The van der Waals surface area contributed by atoms with Crippen molar-refractivity contribution in [1.82, 2.24) is 0 Å². The van der Waals surface area contributed by atoms with E-state index in [0.29, 0.717) is 0 Å². The second kappa shape index (κ2) is 10.3. The van der Waals surface area contributed by atoms with Crippen molar-refractivity contribution in [2.24, 2.45) is 0 Å². The van der Waals surface area contributed by atoms with Gasteiger partial charge in [0.1, 0.15) is 36.3 Å². The van der Waals surface area contributed by atoms with Crippen molar-refractivity contribution in [2.45, 2.75) is 0 Å². The molecule has 0 aliphatic carbocycles. The van der Waals surface area contributed by atoms with Gasteiger partial charge in [0.15, 0.2) is 0 Å². The molecule has 6 nitrogen and oxygen atoms in total. The lowest BCUT2D eigenvalue weighted by Gasteiger charge is -2.06. The van der Waals surface area contributed by atoms with Gasteiger partial charge in [0.2, 0.25) is 0 Å². The molecule has 0 amide bonds. The molecule has 0 radical (unpaired) electrons. The lowest BCUT2D eigenvalue weighted by molar-refractivity contribution is -0.665. The van der Waals surface area contributed by atoms with E-state index in [-0.39, 0.29) is 0 Å². The molecule has 2 N–H and O–H groups in total. The Kier molecular flexibility index (Phi) is 9.97. The highest BCUT2D eigenvalue weighted by Crippen LogP contribution is 1.92. The highest BCUT2D eigenvalue weighted by molar-refractivity contribution is 7.96. The second-order valence-corrected chi connectivity index (χ2v) is 6.36. The van der Waals surface area contributed by atoms with E-state index >= 15 is 0 Å². The van der Waals surface area contributed by atoms with E-state index in [0.717, 1.165) is 0 Å². The predicted molar refractivity (Wildman–Crippen MR) is 76.0 cm³/mol. The Bertz CT molecular complexity index is 421. The van der Waals surface area contributed by atoms with Gasteiger partial charge in [0.25, 0.3) is 0 Å². The summed E-state index contributed by atoms with van der Waals surface area (Å²) in [5.41, 5.74) is 0. The zero-order chi connectivity index (χ0) is 14.7. The third kappa shape index (κ3) is 17.4. The van der Waals surface area contributed by atoms with Gasteiger partial charge in [-0.2, -0.15) is 0 Å². The lowest BCUT2D eigenvalue weighted by Crippen LogP contribution is -2.96. The molecule has 0 saturated heterocycles. The second-order valence-electron chi connectivity index (χ2n) is 3.24. The minimum absolute atomic E-state index is 1.36. The average Bonchev–Trinajstić information content (AvgIpc) is 2.29. The fourth-order valence-electron chi connectivity index (χ4n) is 0.845. The van der Waals surface area contributed by atoms with Crippen LogP contribution in [0.1, 0.15) is 0 Å². The Hall–Kier alpha value is -0.550. The fraction of sp³-hybridized carbons (Fsp3) is 0.200. The van der Waals surface area contributed by atoms with Crippen molar-refractivity contribution < 1.29 is 26.1 Å². The van der Waals surface area contributed by atoms with Gasteiger partial charge >= 0.3 is 0 Å². The van der Waals surface area contributed by atoms with Crippen LogP contribution in [0, 0.1) is 0 Å². The molecule has 2 aliphatic rings. The van der Waals surface area contributed by atoms with Gasteiger partial charge in [-0.05, 0) is 24.3 Å². The summed E-state index contributed by atoms with van der Waals surface area (Å²) in [5, 5.41) is 4.16. The van der Waals surface area contributed by atoms with Crippen molar-refractivity contribution in [3.05, 3.63) is 47.5 Å². The number of rotatable bonds is 0. The molecule has 0 bridgehead atoms. The van der Waals surface area contributed by atoms with Gasteiger partial charge in [-0.1, -0.05) is 0 Å². The average molecular weight is 324 g/mol. The summed E-state index contributed by atoms with van der Waals surface area (Å²) in [7, 11) is -0.963. The molecule has 0 saturated carbocycles. The minimum Gasteiger partial charge on any atom is -0.759 e. The van der Waals surface area contributed by atoms with E-state index in [1.54, 1.807) is 23.9 Å². The summed E-state index contributed by atoms with van der Waals surface area (Å²) in [4.78, 5) is 0. The van der Waals surface area contributed by atoms with Gasteiger partial charge in [-0.3, -0.25) is 8.42 Å². The summed E-state index contributed by atoms with van der Waals surface area (Å²) in [6.45, 7) is 0. The molecule has 108 valence electrons. The fourth-order valence-corrected chi connectivity index (χ4v) is 1.93. The highest BCUT2D eigenvalue weighted by atomic mass is 32.3. The Morgan fingerprint density at radius 1 is 0.842 bits per heavy atom. The number of quaternary nitrogens is 2. The van der Waals surface area contributed by atoms with Crippen molar-refractivity contribution >= 4 is 34.3 Å². The smallest absolute Gasteiger partial charge is 0.107 e. The largest absolute Gasteiger partial charge is 0.759 e. The maximum Gasteiger partial charge on any atom is 0.107 e. The molecular formula is C10H16N2O4S3. The van der Waals surface area contributed by atoms with Gasteiger partial charge in [-0.15, -0.1) is 0 Å². The van der Waals surface area contributed by atoms with Crippen LogP contribution in [-0.4, -0.2) is 31.6 Å². The molecule has 2 atom stereocenters. The van der Waals surface area contributed by atoms with Crippen molar-refractivity contribution in [3.8, 4) is 0 Å². The Balaban J connectivity index is 0.000000261. The van der Waals surface area contributed by atoms with Crippen LogP contribution in [0.3, 0.4) is 0 Å². The first-order chi connectivity index (χ1) is 8.79. The van der Waals surface area contributed by atoms with Crippen molar-refractivity contribution in [2.75, 3.05) is 14.1 Å². The number of hydrogen-bond donors (Lipinski definition) is 2. The van der Waals surface area contributed by atoms with Crippen LogP contribution in [-0.2, 0) is 10.4 Å². The summed E-state index contributed by atoms with van der Waals surface area (Å²) in [5.74, 6) is 0. The molecule has 0 spiro atoms.